The number of allylic oxidation sites excluding steroid dienone is 2. The average molecular weight is 546 g/mol. The van der Waals surface area contributed by atoms with Gasteiger partial charge in [0.05, 0.1) is 22.9 Å². The van der Waals surface area contributed by atoms with Crippen molar-refractivity contribution in [2.75, 3.05) is 29.8 Å². The summed E-state index contributed by atoms with van der Waals surface area (Å²) in [6.45, 7) is 6.75. The van der Waals surface area contributed by atoms with Gasteiger partial charge in [0.15, 0.2) is 7.36 Å². The average Bonchev–Trinajstić information content (AvgIpc) is 3.46. The number of benzene rings is 4. The molecule has 1 fully saturated rings. The minimum Gasteiger partial charge on any atom is -0.346 e. The minimum atomic E-state index is -2.58. The standard InChI is InChI=1S/C34H36N5P/c1-34(2)29-20-10-11-22-31(29)37(3)33(34)32-25-35-39(27-17-6-4-7-18-27)40(32,38-23-12-5-13-24-38)36-30-21-14-16-26-15-8-9-19-28(26)30/h4,6-11,14-22,25H,5,12-13,23-24H2,1-3H3/b33-32-. The monoisotopic (exact) mass is 545 g/mol. The van der Waals surface area contributed by atoms with Gasteiger partial charge in [-0.2, -0.15) is 5.10 Å². The number of hydrazone groups is 1. The van der Waals surface area contributed by atoms with Crippen molar-refractivity contribution in [3.63, 3.8) is 0 Å². The van der Waals surface area contributed by atoms with Crippen molar-refractivity contribution in [2.45, 2.75) is 38.5 Å². The highest BCUT2D eigenvalue weighted by Gasteiger charge is 2.49. The number of likely N-dealkylation sites (N-methyl/N-ethyl adjacent to an activating group) is 1. The molecular formula is C34H36N5P. The Bertz CT molecular complexity index is 1690. The zero-order valence-corrected chi connectivity index (χ0v) is 24.4. The minimum absolute atomic E-state index is 0.186. The highest BCUT2D eigenvalue weighted by Crippen LogP contribution is 2.71. The first-order valence-electron chi connectivity index (χ1n) is 14.4. The summed E-state index contributed by atoms with van der Waals surface area (Å²) in [5, 5.41) is 8.90. The molecule has 3 heterocycles. The lowest BCUT2D eigenvalue weighted by Crippen LogP contribution is -2.34. The number of fused-ring (bicyclic) bond motifs is 2. The van der Waals surface area contributed by atoms with Crippen molar-refractivity contribution in [1.82, 2.24) is 4.67 Å². The van der Waals surface area contributed by atoms with Gasteiger partial charge in [-0.15, -0.1) is 0 Å². The summed E-state index contributed by atoms with van der Waals surface area (Å²) < 4.78 is 10.9. The van der Waals surface area contributed by atoms with E-state index in [1.54, 1.807) is 0 Å². The van der Waals surface area contributed by atoms with Crippen molar-refractivity contribution in [3.8, 4) is 0 Å². The smallest absolute Gasteiger partial charge is 0.179 e. The third kappa shape index (κ3) is 3.79. The van der Waals surface area contributed by atoms with Crippen LogP contribution in [0, 0.1) is 0 Å². The molecular weight excluding hydrogens is 509 g/mol. The molecule has 0 aromatic heterocycles. The van der Waals surface area contributed by atoms with Crippen molar-refractivity contribution in [2.24, 2.45) is 9.85 Å². The van der Waals surface area contributed by atoms with E-state index in [0.29, 0.717) is 0 Å². The second-order valence-corrected chi connectivity index (χ2v) is 14.2. The highest BCUT2D eigenvalue weighted by atomic mass is 31.2. The predicted molar refractivity (Wildman–Crippen MR) is 171 cm³/mol. The van der Waals surface area contributed by atoms with Gasteiger partial charge in [0, 0.05) is 42.3 Å². The molecule has 5 nitrogen and oxygen atoms in total. The summed E-state index contributed by atoms with van der Waals surface area (Å²) in [4.78, 5) is 2.41. The first-order chi connectivity index (χ1) is 19.5. The van der Waals surface area contributed by atoms with Gasteiger partial charge in [-0.1, -0.05) is 93.1 Å². The Hall–Kier alpha value is -3.66. The van der Waals surface area contributed by atoms with E-state index >= 15 is 0 Å². The third-order valence-electron chi connectivity index (χ3n) is 8.71. The van der Waals surface area contributed by atoms with Gasteiger partial charge in [0.25, 0.3) is 0 Å². The van der Waals surface area contributed by atoms with Crippen LogP contribution < -0.4 is 9.68 Å². The van der Waals surface area contributed by atoms with Crippen molar-refractivity contribution in [3.05, 3.63) is 114 Å². The second kappa shape index (κ2) is 9.76. The Morgan fingerprint density at radius 1 is 0.775 bits per heavy atom. The fraction of sp³-hybridized carbons (Fsp3) is 0.265. The molecule has 0 bridgehead atoms. The molecule has 0 amide bonds. The summed E-state index contributed by atoms with van der Waals surface area (Å²) in [5.41, 5.74) is 5.87. The van der Waals surface area contributed by atoms with E-state index in [1.165, 1.54) is 52.3 Å². The topological polar surface area (TPSA) is 34.4 Å². The Morgan fingerprint density at radius 2 is 1.48 bits per heavy atom. The van der Waals surface area contributed by atoms with Crippen LogP contribution >= 0.6 is 7.36 Å². The molecule has 0 radical (unpaired) electrons. The maximum Gasteiger partial charge on any atom is 0.179 e. The Balaban J connectivity index is 1.59. The summed E-state index contributed by atoms with van der Waals surface area (Å²) in [6.07, 6.45) is 5.76. The zero-order chi connectivity index (χ0) is 27.3. The van der Waals surface area contributed by atoms with Gasteiger partial charge in [0.2, 0.25) is 0 Å². The lowest BCUT2D eigenvalue weighted by Gasteiger charge is -2.43. The quantitative estimate of drug-likeness (QED) is 0.241. The van der Waals surface area contributed by atoms with Crippen molar-refractivity contribution in [1.29, 1.82) is 0 Å². The SMILES string of the molecule is CN1/C(=C2/C=NN(c3ccccc3)P2(=Nc2cccc3ccccc23)N2CCCCC2)C(C)(C)c2ccccc21. The molecule has 1 atom stereocenters. The Kier molecular flexibility index (Phi) is 6.18. The maximum absolute atomic E-state index is 5.94. The molecule has 0 saturated carbocycles. The van der Waals surface area contributed by atoms with E-state index in [0.717, 1.165) is 24.5 Å². The van der Waals surface area contributed by atoms with Crippen LogP contribution in [0.25, 0.3) is 10.8 Å². The van der Waals surface area contributed by atoms with Crippen LogP contribution in [0.15, 0.2) is 118 Å². The summed E-state index contributed by atoms with van der Waals surface area (Å²) in [5.74, 6) is 0. The first-order valence-corrected chi connectivity index (χ1v) is 16.0. The van der Waals surface area contributed by atoms with E-state index in [1.807, 2.05) is 0 Å². The molecule has 1 saturated heterocycles. The van der Waals surface area contributed by atoms with E-state index in [4.69, 9.17) is 9.85 Å². The number of para-hydroxylation sites is 2. The summed E-state index contributed by atoms with van der Waals surface area (Å²) in [7, 11) is -0.358. The number of hydrogen-bond donors (Lipinski definition) is 0. The van der Waals surface area contributed by atoms with Gasteiger partial charge in [-0.3, -0.25) is 0 Å². The molecule has 3 aliphatic heterocycles. The highest BCUT2D eigenvalue weighted by molar-refractivity contribution is 7.71. The van der Waals surface area contributed by atoms with Crippen LogP contribution in [0.3, 0.4) is 0 Å². The van der Waals surface area contributed by atoms with Crippen LogP contribution in [0.2, 0.25) is 0 Å². The molecule has 202 valence electrons. The Morgan fingerprint density at radius 3 is 2.27 bits per heavy atom. The van der Waals surface area contributed by atoms with Gasteiger partial charge >= 0.3 is 0 Å². The van der Waals surface area contributed by atoms with Crippen LogP contribution in [0.4, 0.5) is 17.1 Å². The lowest BCUT2D eigenvalue weighted by molar-refractivity contribution is 0.366. The lowest BCUT2D eigenvalue weighted by atomic mass is 9.84. The van der Waals surface area contributed by atoms with Gasteiger partial charge in [0.1, 0.15) is 0 Å². The number of piperidine rings is 1. The normalized spacial score (nSPS) is 24.1. The maximum atomic E-state index is 5.94. The van der Waals surface area contributed by atoms with E-state index in [-0.39, 0.29) is 5.41 Å². The Labute approximate surface area is 237 Å². The van der Waals surface area contributed by atoms with Crippen molar-refractivity contribution < 1.29 is 0 Å². The molecule has 3 aliphatic rings. The number of hydrogen-bond acceptors (Lipinski definition) is 3. The largest absolute Gasteiger partial charge is 0.346 e. The van der Waals surface area contributed by atoms with Gasteiger partial charge < -0.3 is 4.90 Å². The van der Waals surface area contributed by atoms with Crippen molar-refractivity contribution >= 4 is 41.4 Å². The molecule has 40 heavy (non-hydrogen) atoms. The fourth-order valence-corrected chi connectivity index (χ4v) is 10.8. The van der Waals surface area contributed by atoms with Crippen LogP contribution in [0.5, 0.6) is 0 Å². The summed E-state index contributed by atoms with van der Waals surface area (Å²) >= 11 is 0. The predicted octanol–water partition coefficient (Wildman–Crippen LogP) is 9.13. The molecule has 1 unspecified atom stereocenters. The van der Waals surface area contributed by atoms with E-state index in [9.17, 15) is 0 Å². The molecule has 4 aromatic rings. The number of nitrogens with zero attached hydrogens (tertiary/aromatic N) is 5. The molecule has 6 heteroatoms. The van der Waals surface area contributed by atoms with Gasteiger partial charge in [-0.25, -0.2) is 14.2 Å². The zero-order valence-electron chi connectivity index (χ0n) is 23.5. The second-order valence-electron chi connectivity index (χ2n) is 11.5. The molecule has 0 spiro atoms. The summed E-state index contributed by atoms with van der Waals surface area (Å²) in [6, 6.07) is 34.6. The van der Waals surface area contributed by atoms with E-state index in [2.05, 4.69) is 139 Å². The van der Waals surface area contributed by atoms with Gasteiger partial charge in [-0.05, 0) is 48.1 Å². The van der Waals surface area contributed by atoms with Crippen LogP contribution in [-0.2, 0) is 5.41 Å². The number of anilines is 2. The molecule has 0 N–H and O–H groups in total. The van der Waals surface area contributed by atoms with Crippen LogP contribution in [0.1, 0.15) is 38.7 Å². The molecule has 7 rings (SSSR count). The van der Waals surface area contributed by atoms with E-state index < -0.39 is 7.36 Å². The third-order valence-corrected chi connectivity index (χ3v) is 12.2. The first kappa shape index (κ1) is 25.3. The molecule has 4 aromatic carbocycles. The number of rotatable bonds is 3. The fourth-order valence-electron chi connectivity index (χ4n) is 6.84. The molecule has 0 aliphatic carbocycles. The van der Waals surface area contributed by atoms with Crippen LogP contribution in [-0.4, -0.2) is 31.0 Å².